The average molecular weight is 287 g/mol. The molecule has 1 aliphatic rings. The Morgan fingerprint density at radius 3 is 2.65 bits per heavy atom. The van der Waals surface area contributed by atoms with Gasteiger partial charge < -0.3 is 10.2 Å². The van der Waals surface area contributed by atoms with E-state index in [-0.39, 0.29) is 5.91 Å². The van der Waals surface area contributed by atoms with Gasteiger partial charge in [-0.25, -0.2) is 0 Å². The lowest BCUT2D eigenvalue weighted by Crippen LogP contribution is -2.25. The Labute approximate surface area is 123 Å². The first kappa shape index (κ1) is 13.0. The summed E-state index contributed by atoms with van der Waals surface area (Å²) in [7, 11) is 0. The van der Waals surface area contributed by atoms with Crippen molar-refractivity contribution < 1.29 is 4.79 Å². The predicted octanol–water partition coefficient (Wildman–Crippen LogP) is 4.21. The summed E-state index contributed by atoms with van der Waals surface area (Å²) in [5, 5.41) is 3.58. The van der Waals surface area contributed by atoms with E-state index in [4.69, 9.17) is 11.6 Å². The molecule has 102 valence electrons. The van der Waals surface area contributed by atoms with Crippen LogP contribution in [-0.2, 0) is 4.79 Å². The molecule has 20 heavy (non-hydrogen) atoms. The van der Waals surface area contributed by atoms with Crippen LogP contribution in [0.15, 0.2) is 48.5 Å². The molecule has 1 aliphatic heterocycles. The number of fused-ring (bicyclic) bond motifs is 1. The molecule has 0 atom stereocenters. The summed E-state index contributed by atoms with van der Waals surface area (Å²) < 4.78 is 0. The highest BCUT2D eigenvalue weighted by Gasteiger charge is 2.20. The Balaban J connectivity index is 2.12. The fourth-order valence-electron chi connectivity index (χ4n) is 2.48. The average Bonchev–Trinajstić information content (AvgIpc) is 2.44. The molecule has 0 saturated heterocycles. The van der Waals surface area contributed by atoms with Crippen LogP contribution in [0.5, 0.6) is 0 Å². The summed E-state index contributed by atoms with van der Waals surface area (Å²) in [5.41, 5.74) is 2.72. The smallest absolute Gasteiger partial charge is 0.224 e. The fourth-order valence-corrected chi connectivity index (χ4v) is 2.76. The number of nitrogens with zero attached hydrogens (tertiary/aromatic N) is 1. The Morgan fingerprint density at radius 2 is 1.85 bits per heavy atom. The van der Waals surface area contributed by atoms with E-state index in [1.165, 1.54) is 0 Å². The highest BCUT2D eigenvalue weighted by molar-refractivity contribution is 6.34. The van der Waals surface area contributed by atoms with Crippen LogP contribution in [0, 0.1) is 0 Å². The Hall–Kier alpha value is -2.00. The van der Waals surface area contributed by atoms with E-state index in [0.29, 0.717) is 11.4 Å². The maximum Gasteiger partial charge on any atom is 0.224 e. The van der Waals surface area contributed by atoms with Gasteiger partial charge in [-0.05, 0) is 30.7 Å². The Kier molecular flexibility index (Phi) is 3.61. The molecule has 0 spiro atoms. The van der Waals surface area contributed by atoms with Gasteiger partial charge in [0, 0.05) is 18.7 Å². The van der Waals surface area contributed by atoms with Crippen molar-refractivity contribution in [1.29, 1.82) is 0 Å². The van der Waals surface area contributed by atoms with E-state index in [9.17, 15) is 4.79 Å². The van der Waals surface area contributed by atoms with E-state index >= 15 is 0 Å². The van der Waals surface area contributed by atoms with Crippen LogP contribution in [0.2, 0.25) is 5.02 Å². The maximum atomic E-state index is 11.8. The van der Waals surface area contributed by atoms with E-state index in [2.05, 4.69) is 22.3 Å². The number of halogens is 1. The van der Waals surface area contributed by atoms with Crippen molar-refractivity contribution in [1.82, 2.24) is 0 Å². The highest BCUT2D eigenvalue weighted by atomic mass is 35.5. The lowest BCUT2D eigenvalue weighted by Gasteiger charge is -2.30. The summed E-state index contributed by atoms with van der Waals surface area (Å²) >= 11 is 6.37. The minimum absolute atomic E-state index is 0.0428. The summed E-state index contributed by atoms with van der Waals surface area (Å²) in [5.74, 6) is 0.0428. The van der Waals surface area contributed by atoms with Gasteiger partial charge in [-0.3, -0.25) is 4.79 Å². The van der Waals surface area contributed by atoms with Crippen LogP contribution in [0.1, 0.15) is 12.8 Å². The number of nitrogens with one attached hydrogen (secondary N) is 1. The second-order valence-corrected chi connectivity index (χ2v) is 5.18. The largest absolute Gasteiger partial charge is 0.339 e. The minimum atomic E-state index is 0.0428. The number of benzene rings is 2. The van der Waals surface area contributed by atoms with Crippen molar-refractivity contribution in [2.45, 2.75) is 12.8 Å². The summed E-state index contributed by atoms with van der Waals surface area (Å²) in [6.07, 6.45) is 1.32. The van der Waals surface area contributed by atoms with Gasteiger partial charge in [0.2, 0.25) is 5.91 Å². The molecule has 0 radical (unpaired) electrons. The molecule has 2 aromatic carbocycles. The Morgan fingerprint density at radius 1 is 1.05 bits per heavy atom. The highest BCUT2D eigenvalue weighted by Crippen LogP contribution is 2.39. The number of hydrogen-bond acceptors (Lipinski definition) is 2. The molecule has 3 nitrogen and oxygen atoms in total. The molecule has 3 rings (SSSR count). The number of para-hydroxylation sites is 2. The molecular formula is C16H15ClN2O. The predicted molar refractivity (Wildman–Crippen MR) is 82.8 cm³/mol. The third-order valence-corrected chi connectivity index (χ3v) is 3.69. The van der Waals surface area contributed by atoms with Crippen LogP contribution in [0.4, 0.5) is 17.1 Å². The number of anilines is 3. The molecule has 1 amide bonds. The van der Waals surface area contributed by atoms with E-state index in [1.54, 1.807) is 0 Å². The van der Waals surface area contributed by atoms with E-state index in [1.807, 2.05) is 36.4 Å². The molecule has 0 saturated carbocycles. The summed E-state index contributed by atoms with van der Waals surface area (Å²) in [4.78, 5) is 13.9. The topological polar surface area (TPSA) is 32.3 Å². The van der Waals surface area contributed by atoms with Gasteiger partial charge in [-0.2, -0.15) is 0 Å². The zero-order valence-corrected chi connectivity index (χ0v) is 11.7. The van der Waals surface area contributed by atoms with Gasteiger partial charge in [0.15, 0.2) is 0 Å². The molecule has 2 aromatic rings. The van der Waals surface area contributed by atoms with Crippen molar-refractivity contribution in [3.8, 4) is 0 Å². The second kappa shape index (κ2) is 5.55. The third-order valence-electron chi connectivity index (χ3n) is 3.38. The van der Waals surface area contributed by atoms with Crippen molar-refractivity contribution in [2.75, 3.05) is 16.8 Å². The molecular weight excluding hydrogens is 272 g/mol. The molecule has 0 unspecified atom stereocenters. The van der Waals surface area contributed by atoms with Crippen LogP contribution in [0.25, 0.3) is 0 Å². The number of carbonyl (C=O) groups is 1. The number of carbonyl (C=O) groups excluding carboxylic acids is 1. The van der Waals surface area contributed by atoms with E-state index < -0.39 is 0 Å². The number of rotatable bonds is 1. The SMILES string of the molecule is O=C1CCCN(c2ccccc2)c2c(Cl)cccc2N1. The third kappa shape index (κ3) is 2.49. The lowest BCUT2D eigenvalue weighted by molar-refractivity contribution is -0.116. The van der Waals surface area contributed by atoms with Crippen LogP contribution in [-0.4, -0.2) is 12.5 Å². The number of hydrogen-bond donors (Lipinski definition) is 1. The molecule has 1 heterocycles. The monoisotopic (exact) mass is 286 g/mol. The second-order valence-electron chi connectivity index (χ2n) is 4.77. The first-order valence-corrected chi connectivity index (χ1v) is 7.04. The van der Waals surface area contributed by atoms with Crippen molar-refractivity contribution in [3.05, 3.63) is 53.6 Å². The summed E-state index contributed by atoms with van der Waals surface area (Å²) in [6.45, 7) is 0.772. The van der Waals surface area contributed by atoms with Crippen LogP contribution < -0.4 is 10.2 Å². The zero-order valence-electron chi connectivity index (χ0n) is 11.0. The van der Waals surface area contributed by atoms with Gasteiger partial charge >= 0.3 is 0 Å². The fraction of sp³-hybridized carbons (Fsp3) is 0.188. The maximum absolute atomic E-state index is 11.8. The van der Waals surface area contributed by atoms with Crippen molar-refractivity contribution in [2.24, 2.45) is 0 Å². The molecule has 0 bridgehead atoms. The van der Waals surface area contributed by atoms with Crippen molar-refractivity contribution in [3.63, 3.8) is 0 Å². The van der Waals surface area contributed by atoms with Gasteiger partial charge in [0.1, 0.15) is 0 Å². The first-order valence-electron chi connectivity index (χ1n) is 6.66. The molecule has 4 heteroatoms. The molecule has 1 N–H and O–H groups in total. The van der Waals surface area contributed by atoms with Crippen LogP contribution >= 0.6 is 11.6 Å². The van der Waals surface area contributed by atoms with Gasteiger partial charge in [-0.1, -0.05) is 35.9 Å². The molecule has 0 aliphatic carbocycles. The van der Waals surface area contributed by atoms with Gasteiger partial charge in [0.25, 0.3) is 0 Å². The van der Waals surface area contributed by atoms with Crippen LogP contribution in [0.3, 0.4) is 0 Å². The first-order chi connectivity index (χ1) is 9.75. The van der Waals surface area contributed by atoms with E-state index in [0.717, 1.165) is 30.0 Å². The van der Waals surface area contributed by atoms with Crippen molar-refractivity contribution >= 4 is 34.6 Å². The van der Waals surface area contributed by atoms with Gasteiger partial charge in [-0.15, -0.1) is 0 Å². The zero-order chi connectivity index (χ0) is 13.9. The normalized spacial score (nSPS) is 15.1. The standard InChI is InChI=1S/C16H15ClN2O/c17-13-8-4-9-14-16(13)19(11-5-10-15(20)18-14)12-6-2-1-3-7-12/h1-4,6-9H,5,10-11H2,(H,18,20). The minimum Gasteiger partial charge on any atom is -0.339 e. The lowest BCUT2D eigenvalue weighted by atomic mass is 10.1. The number of amides is 1. The Bertz CT molecular complexity index is 628. The molecule has 0 aromatic heterocycles. The van der Waals surface area contributed by atoms with Gasteiger partial charge in [0.05, 0.1) is 16.4 Å². The summed E-state index contributed by atoms with van der Waals surface area (Å²) in [6, 6.07) is 15.7. The molecule has 0 fully saturated rings. The quantitative estimate of drug-likeness (QED) is 0.852.